The SMILES string of the molecule is COc1ccc(O[C@H]2[C@H](C)OC(=O)[C@@H](N)CCC[C@@H]2Oc2ccc(OC)cc2)cc1. The second-order valence-corrected chi connectivity index (χ2v) is 7.27. The van der Waals surface area contributed by atoms with Gasteiger partial charge in [0.15, 0.2) is 6.10 Å². The minimum Gasteiger partial charge on any atom is -0.497 e. The fraction of sp³-hybridized carbons (Fsp3) is 0.435. The van der Waals surface area contributed by atoms with Crippen LogP contribution in [0.15, 0.2) is 48.5 Å². The monoisotopic (exact) mass is 415 g/mol. The highest BCUT2D eigenvalue weighted by molar-refractivity contribution is 5.75. The first kappa shape index (κ1) is 21.8. The smallest absolute Gasteiger partial charge is 0.323 e. The number of hydrogen-bond donors (Lipinski definition) is 1. The molecule has 1 heterocycles. The molecule has 2 aromatic carbocycles. The zero-order chi connectivity index (χ0) is 21.5. The highest BCUT2D eigenvalue weighted by Crippen LogP contribution is 2.27. The van der Waals surface area contributed by atoms with Gasteiger partial charge in [0.2, 0.25) is 0 Å². The van der Waals surface area contributed by atoms with Crippen molar-refractivity contribution in [1.82, 2.24) is 0 Å². The lowest BCUT2D eigenvalue weighted by molar-refractivity contribution is -0.156. The molecule has 3 rings (SSSR count). The molecule has 4 atom stereocenters. The number of benzene rings is 2. The summed E-state index contributed by atoms with van der Waals surface area (Å²) in [6, 6.07) is 14.0. The molecule has 1 fully saturated rings. The van der Waals surface area contributed by atoms with Crippen LogP contribution in [0, 0.1) is 0 Å². The van der Waals surface area contributed by atoms with E-state index in [4.69, 9.17) is 29.4 Å². The first-order valence-electron chi connectivity index (χ1n) is 10.1. The highest BCUT2D eigenvalue weighted by Gasteiger charge is 2.36. The molecule has 7 nitrogen and oxygen atoms in total. The van der Waals surface area contributed by atoms with Crippen molar-refractivity contribution in [1.29, 1.82) is 0 Å². The summed E-state index contributed by atoms with van der Waals surface area (Å²) in [5.74, 6) is 2.38. The van der Waals surface area contributed by atoms with Crippen LogP contribution in [0.5, 0.6) is 23.0 Å². The number of hydrogen-bond acceptors (Lipinski definition) is 7. The van der Waals surface area contributed by atoms with Crippen molar-refractivity contribution in [2.75, 3.05) is 14.2 Å². The Morgan fingerprint density at radius 1 is 0.833 bits per heavy atom. The van der Waals surface area contributed by atoms with Crippen molar-refractivity contribution in [3.63, 3.8) is 0 Å². The van der Waals surface area contributed by atoms with E-state index in [1.807, 2.05) is 48.5 Å². The average molecular weight is 415 g/mol. The zero-order valence-electron chi connectivity index (χ0n) is 17.6. The van der Waals surface area contributed by atoms with Crippen LogP contribution < -0.4 is 24.7 Å². The van der Waals surface area contributed by atoms with E-state index < -0.39 is 24.2 Å². The Hall–Kier alpha value is -2.93. The molecule has 0 aliphatic carbocycles. The van der Waals surface area contributed by atoms with E-state index in [2.05, 4.69) is 0 Å². The van der Waals surface area contributed by atoms with Gasteiger partial charge >= 0.3 is 5.97 Å². The van der Waals surface area contributed by atoms with Crippen molar-refractivity contribution in [3.8, 4) is 23.0 Å². The van der Waals surface area contributed by atoms with Gasteiger partial charge in [-0.15, -0.1) is 0 Å². The summed E-state index contributed by atoms with van der Waals surface area (Å²) >= 11 is 0. The quantitative estimate of drug-likeness (QED) is 0.724. The molecule has 0 amide bonds. The molecule has 0 radical (unpaired) electrons. The van der Waals surface area contributed by atoms with Crippen molar-refractivity contribution in [3.05, 3.63) is 48.5 Å². The van der Waals surface area contributed by atoms with Gasteiger partial charge in [0.25, 0.3) is 0 Å². The Morgan fingerprint density at radius 3 is 1.87 bits per heavy atom. The lowest BCUT2D eigenvalue weighted by atomic mass is 10.0. The zero-order valence-corrected chi connectivity index (χ0v) is 17.6. The fourth-order valence-corrected chi connectivity index (χ4v) is 3.40. The number of rotatable bonds is 6. The first-order valence-corrected chi connectivity index (χ1v) is 10.1. The standard InChI is InChI=1S/C23H29NO6/c1-15-22(30-19-13-9-17(27-3)10-14-19)21(6-4-5-20(24)23(25)28-15)29-18-11-7-16(26-2)8-12-18/h7-15,20-22H,4-6,24H2,1-3H3/t15-,20-,21-,22-/m0/s1. The van der Waals surface area contributed by atoms with Gasteiger partial charge < -0.3 is 29.4 Å². The minimum atomic E-state index is -0.645. The molecule has 0 bridgehead atoms. The first-order chi connectivity index (χ1) is 14.5. The van der Waals surface area contributed by atoms with Crippen molar-refractivity contribution in [2.45, 2.75) is 50.5 Å². The molecule has 2 aromatic rings. The third-order valence-corrected chi connectivity index (χ3v) is 5.12. The van der Waals surface area contributed by atoms with Crippen molar-refractivity contribution >= 4 is 5.97 Å². The Balaban J connectivity index is 1.84. The summed E-state index contributed by atoms with van der Waals surface area (Å²) in [7, 11) is 3.23. The van der Waals surface area contributed by atoms with Gasteiger partial charge in [-0.3, -0.25) is 4.79 Å². The summed E-state index contributed by atoms with van der Waals surface area (Å²) in [6.45, 7) is 1.80. The Morgan fingerprint density at radius 2 is 1.33 bits per heavy atom. The van der Waals surface area contributed by atoms with E-state index >= 15 is 0 Å². The third kappa shape index (κ3) is 5.57. The molecule has 0 spiro atoms. The second kappa shape index (κ2) is 10.2. The van der Waals surface area contributed by atoms with Crippen LogP contribution in [0.1, 0.15) is 26.2 Å². The minimum absolute atomic E-state index is 0.339. The molecule has 2 N–H and O–H groups in total. The van der Waals surface area contributed by atoms with Crippen LogP contribution in [-0.2, 0) is 9.53 Å². The molecular formula is C23H29NO6. The Kier molecular flexibility index (Phi) is 7.41. The summed E-state index contributed by atoms with van der Waals surface area (Å²) < 4.78 is 28.5. The number of nitrogens with two attached hydrogens (primary N) is 1. The lowest BCUT2D eigenvalue weighted by Crippen LogP contribution is -2.46. The van der Waals surface area contributed by atoms with E-state index in [0.29, 0.717) is 30.8 Å². The van der Waals surface area contributed by atoms with E-state index in [-0.39, 0.29) is 6.10 Å². The van der Waals surface area contributed by atoms with Gasteiger partial charge in [-0.1, -0.05) is 0 Å². The number of ether oxygens (including phenoxy) is 5. The number of esters is 1. The average Bonchev–Trinajstić information content (AvgIpc) is 2.81. The molecule has 30 heavy (non-hydrogen) atoms. The maximum Gasteiger partial charge on any atom is 0.323 e. The summed E-state index contributed by atoms with van der Waals surface area (Å²) in [4.78, 5) is 12.3. The third-order valence-electron chi connectivity index (χ3n) is 5.12. The van der Waals surface area contributed by atoms with Gasteiger partial charge in [-0.05, 0) is 74.7 Å². The van der Waals surface area contributed by atoms with Gasteiger partial charge in [0.05, 0.1) is 14.2 Å². The predicted molar refractivity (Wildman–Crippen MR) is 112 cm³/mol. The molecule has 162 valence electrons. The lowest BCUT2D eigenvalue weighted by Gasteiger charge is -2.31. The number of methoxy groups -OCH3 is 2. The van der Waals surface area contributed by atoms with Gasteiger partial charge in [-0.2, -0.15) is 0 Å². The molecule has 1 aliphatic heterocycles. The van der Waals surface area contributed by atoms with Gasteiger partial charge in [0.1, 0.15) is 41.2 Å². The van der Waals surface area contributed by atoms with Crippen molar-refractivity contribution in [2.24, 2.45) is 5.73 Å². The van der Waals surface area contributed by atoms with Gasteiger partial charge in [0, 0.05) is 0 Å². The summed E-state index contributed by atoms with van der Waals surface area (Å²) in [5.41, 5.74) is 5.96. The van der Waals surface area contributed by atoms with Crippen LogP contribution in [-0.4, -0.2) is 44.5 Å². The highest BCUT2D eigenvalue weighted by atomic mass is 16.6. The molecular weight excluding hydrogens is 386 g/mol. The molecule has 0 saturated carbocycles. The van der Waals surface area contributed by atoms with Crippen LogP contribution in [0.4, 0.5) is 0 Å². The maximum atomic E-state index is 12.3. The second-order valence-electron chi connectivity index (χ2n) is 7.27. The van der Waals surface area contributed by atoms with Crippen LogP contribution >= 0.6 is 0 Å². The predicted octanol–water partition coefficient (Wildman–Crippen LogP) is 3.34. The normalized spacial score (nSPS) is 24.6. The number of carbonyl (C=O) groups excluding carboxylic acids is 1. The number of cyclic esters (lactones) is 1. The van der Waals surface area contributed by atoms with Gasteiger partial charge in [-0.25, -0.2) is 0 Å². The molecule has 7 heteroatoms. The maximum absolute atomic E-state index is 12.3. The molecule has 1 aliphatic rings. The fourth-order valence-electron chi connectivity index (χ4n) is 3.40. The summed E-state index contributed by atoms with van der Waals surface area (Å²) in [5, 5.41) is 0. The Bertz CT molecular complexity index is 807. The Labute approximate surface area is 177 Å². The van der Waals surface area contributed by atoms with E-state index in [1.54, 1.807) is 21.1 Å². The molecule has 1 saturated heterocycles. The van der Waals surface area contributed by atoms with E-state index in [9.17, 15) is 4.79 Å². The van der Waals surface area contributed by atoms with E-state index in [0.717, 1.165) is 11.5 Å². The summed E-state index contributed by atoms with van der Waals surface area (Å²) in [6.07, 6.45) is 0.507. The topological polar surface area (TPSA) is 89.2 Å². The van der Waals surface area contributed by atoms with E-state index in [1.165, 1.54) is 0 Å². The van der Waals surface area contributed by atoms with Crippen LogP contribution in [0.25, 0.3) is 0 Å². The van der Waals surface area contributed by atoms with Crippen LogP contribution in [0.3, 0.4) is 0 Å². The van der Waals surface area contributed by atoms with Crippen molar-refractivity contribution < 1.29 is 28.5 Å². The molecule has 0 unspecified atom stereocenters. The largest absolute Gasteiger partial charge is 0.497 e. The number of carbonyl (C=O) groups is 1. The molecule has 0 aromatic heterocycles. The van der Waals surface area contributed by atoms with Crippen LogP contribution in [0.2, 0.25) is 0 Å².